The molecule has 1 aliphatic heterocycles. The second-order valence-electron chi connectivity index (χ2n) is 5.29. The Balaban J connectivity index is 1.92. The van der Waals surface area contributed by atoms with Crippen molar-refractivity contribution in [2.45, 2.75) is 25.9 Å². The molecule has 0 spiro atoms. The monoisotopic (exact) mass is 266 g/mol. The first-order valence-corrected chi connectivity index (χ1v) is 6.91. The van der Waals surface area contributed by atoms with E-state index in [2.05, 4.69) is 4.90 Å². The molecule has 1 saturated heterocycles. The van der Waals surface area contributed by atoms with E-state index in [9.17, 15) is 4.39 Å². The molecule has 2 N–H and O–H groups in total. The van der Waals surface area contributed by atoms with Gasteiger partial charge in [0.1, 0.15) is 5.82 Å². The SMILES string of the molecule is COCC1CCN(Cc2ccc(F)cc2CN)CC1. The standard InChI is InChI=1S/C15H23FN2O/c1-19-11-12-4-6-18(7-5-12)10-13-2-3-15(16)8-14(13)9-17/h2-3,8,12H,4-7,9-11,17H2,1H3. The number of likely N-dealkylation sites (tertiary alicyclic amines) is 1. The third-order valence-electron chi connectivity index (χ3n) is 3.89. The van der Waals surface area contributed by atoms with Crippen molar-refractivity contribution in [2.24, 2.45) is 11.7 Å². The van der Waals surface area contributed by atoms with Gasteiger partial charge in [-0.25, -0.2) is 4.39 Å². The lowest BCUT2D eigenvalue weighted by Crippen LogP contribution is -2.34. The fourth-order valence-electron chi connectivity index (χ4n) is 2.73. The number of hydrogen-bond acceptors (Lipinski definition) is 3. The molecule has 106 valence electrons. The zero-order valence-electron chi connectivity index (χ0n) is 11.6. The molecule has 0 bridgehead atoms. The van der Waals surface area contributed by atoms with Gasteiger partial charge in [0, 0.05) is 26.8 Å². The molecule has 0 amide bonds. The number of benzene rings is 1. The van der Waals surface area contributed by atoms with Crippen molar-refractivity contribution in [2.75, 3.05) is 26.8 Å². The van der Waals surface area contributed by atoms with Gasteiger partial charge in [-0.2, -0.15) is 0 Å². The fraction of sp³-hybridized carbons (Fsp3) is 0.600. The molecule has 2 rings (SSSR count). The molecular formula is C15H23FN2O. The fourth-order valence-corrected chi connectivity index (χ4v) is 2.73. The van der Waals surface area contributed by atoms with Gasteiger partial charge in [0.25, 0.3) is 0 Å². The Bertz CT molecular complexity index is 403. The number of methoxy groups -OCH3 is 1. The Morgan fingerprint density at radius 1 is 1.32 bits per heavy atom. The first-order valence-electron chi connectivity index (χ1n) is 6.91. The van der Waals surface area contributed by atoms with Crippen LogP contribution in [0.5, 0.6) is 0 Å². The highest BCUT2D eigenvalue weighted by Crippen LogP contribution is 2.20. The summed E-state index contributed by atoms with van der Waals surface area (Å²) in [5.74, 6) is 0.478. The van der Waals surface area contributed by atoms with Crippen LogP contribution in [0.1, 0.15) is 24.0 Å². The van der Waals surface area contributed by atoms with Crippen LogP contribution in [0.15, 0.2) is 18.2 Å². The zero-order chi connectivity index (χ0) is 13.7. The predicted molar refractivity (Wildman–Crippen MR) is 74.2 cm³/mol. The quantitative estimate of drug-likeness (QED) is 0.887. The normalized spacial score (nSPS) is 17.8. The van der Waals surface area contributed by atoms with Crippen molar-refractivity contribution in [1.82, 2.24) is 4.90 Å². The second-order valence-corrected chi connectivity index (χ2v) is 5.29. The van der Waals surface area contributed by atoms with Gasteiger partial charge in [-0.15, -0.1) is 0 Å². The maximum Gasteiger partial charge on any atom is 0.123 e. The van der Waals surface area contributed by atoms with Gasteiger partial charge in [0.2, 0.25) is 0 Å². The highest BCUT2D eigenvalue weighted by Gasteiger charge is 2.19. The number of piperidine rings is 1. The minimum atomic E-state index is -0.206. The summed E-state index contributed by atoms with van der Waals surface area (Å²) in [6.45, 7) is 4.28. The summed E-state index contributed by atoms with van der Waals surface area (Å²) in [6.07, 6.45) is 2.35. The van der Waals surface area contributed by atoms with Gasteiger partial charge in [-0.05, 0) is 55.1 Å². The number of nitrogens with two attached hydrogens (primary N) is 1. The molecule has 4 heteroatoms. The smallest absolute Gasteiger partial charge is 0.123 e. The molecule has 0 atom stereocenters. The van der Waals surface area contributed by atoms with E-state index in [1.165, 1.54) is 18.9 Å². The van der Waals surface area contributed by atoms with E-state index in [0.29, 0.717) is 12.5 Å². The van der Waals surface area contributed by atoms with Gasteiger partial charge in [0.15, 0.2) is 0 Å². The topological polar surface area (TPSA) is 38.5 Å². The molecule has 1 aromatic rings. The zero-order valence-corrected chi connectivity index (χ0v) is 11.6. The summed E-state index contributed by atoms with van der Waals surface area (Å²) in [4.78, 5) is 2.42. The highest BCUT2D eigenvalue weighted by molar-refractivity contribution is 5.27. The summed E-state index contributed by atoms with van der Waals surface area (Å²) in [7, 11) is 1.76. The molecular weight excluding hydrogens is 243 g/mol. The average Bonchev–Trinajstić information content (AvgIpc) is 2.43. The molecule has 0 aromatic heterocycles. The first kappa shape index (κ1) is 14.4. The maximum atomic E-state index is 13.2. The molecule has 19 heavy (non-hydrogen) atoms. The lowest BCUT2D eigenvalue weighted by molar-refractivity contribution is 0.0967. The van der Waals surface area contributed by atoms with Gasteiger partial charge < -0.3 is 10.5 Å². The van der Waals surface area contributed by atoms with Crippen molar-refractivity contribution in [3.8, 4) is 0 Å². The van der Waals surface area contributed by atoms with Crippen LogP contribution in [0.3, 0.4) is 0 Å². The number of ether oxygens (including phenoxy) is 1. The van der Waals surface area contributed by atoms with Gasteiger partial charge in [-0.3, -0.25) is 4.90 Å². The summed E-state index contributed by atoms with van der Waals surface area (Å²) in [5, 5.41) is 0. The lowest BCUT2D eigenvalue weighted by Gasteiger charge is -2.32. The molecule has 3 nitrogen and oxygen atoms in total. The molecule has 0 aliphatic carbocycles. The van der Waals surface area contributed by atoms with E-state index >= 15 is 0 Å². The van der Waals surface area contributed by atoms with Gasteiger partial charge in [0.05, 0.1) is 0 Å². The average molecular weight is 266 g/mol. The Labute approximate surface area is 114 Å². The Morgan fingerprint density at radius 2 is 2.05 bits per heavy atom. The highest BCUT2D eigenvalue weighted by atomic mass is 19.1. The molecule has 0 saturated carbocycles. The molecule has 0 radical (unpaired) electrons. The molecule has 0 unspecified atom stereocenters. The lowest BCUT2D eigenvalue weighted by atomic mass is 9.97. The minimum absolute atomic E-state index is 0.206. The summed E-state index contributed by atoms with van der Waals surface area (Å²) < 4.78 is 18.4. The summed E-state index contributed by atoms with van der Waals surface area (Å²) >= 11 is 0. The van der Waals surface area contributed by atoms with Gasteiger partial charge in [-0.1, -0.05) is 6.07 Å². The molecule has 1 fully saturated rings. The van der Waals surface area contributed by atoms with E-state index in [0.717, 1.165) is 37.4 Å². The van der Waals surface area contributed by atoms with Crippen molar-refractivity contribution in [3.63, 3.8) is 0 Å². The maximum absolute atomic E-state index is 13.2. The van der Waals surface area contributed by atoms with Crippen LogP contribution in [-0.4, -0.2) is 31.7 Å². The third-order valence-corrected chi connectivity index (χ3v) is 3.89. The summed E-state index contributed by atoms with van der Waals surface area (Å²) in [5.41, 5.74) is 7.75. The molecule has 1 aromatic carbocycles. The van der Waals surface area contributed by atoms with Crippen LogP contribution in [0, 0.1) is 11.7 Å². The van der Waals surface area contributed by atoms with Crippen LogP contribution in [0.25, 0.3) is 0 Å². The summed E-state index contributed by atoms with van der Waals surface area (Å²) in [6, 6.07) is 4.93. The van der Waals surface area contributed by atoms with Gasteiger partial charge >= 0.3 is 0 Å². The van der Waals surface area contributed by atoms with E-state index in [1.54, 1.807) is 13.2 Å². The van der Waals surface area contributed by atoms with E-state index in [-0.39, 0.29) is 5.82 Å². The van der Waals surface area contributed by atoms with Crippen molar-refractivity contribution < 1.29 is 9.13 Å². The number of hydrogen-bond donors (Lipinski definition) is 1. The van der Waals surface area contributed by atoms with E-state index in [4.69, 9.17) is 10.5 Å². The van der Waals surface area contributed by atoms with Crippen molar-refractivity contribution in [3.05, 3.63) is 35.1 Å². The van der Waals surface area contributed by atoms with E-state index in [1.807, 2.05) is 6.07 Å². The predicted octanol–water partition coefficient (Wildman–Crippen LogP) is 2.14. The van der Waals surface area contributed by atoms with E-state index < -0.39 is 0 Å². The van der Waals surface area contributed by atoms with Crippen LogP contribution in [-0.2, 0) is 17.8 Å². The number of nitrogens with zero attached hydrogens (tertiary/aromatic N) is 1. The largest absolute Gasteiger partial charge is 0.384 e. The van der Waals surface area contributed by atoms with Crippen LogP contribution < -0.4 is 5.73 Å². The Morgan fingerprint density at radius 3 is 2.68 bits per heavy atom. The number of halogens is 1. The van der Waals surface area contributed by atoms with Crippen molar-refractivity contribution in [1.29, 1.82) is 0 Å². The van der Waals surface area contributed by atoms with Crippen molar-refractivity contribution >= 4 is 0 Å². The third kappa shape index (κ3) is 4.00. The Kier molecular flexibility index (Phi) is 5.31. The first-order chi connectivity index (χ1) is 9.22. The Hall–Kier alpha value is -0.970. The molecule has 1 heterocycles. The van der Waals surface area contributed by atoms with Crippen LogP contribution in [0.4, 0.5) is 4.39 Å². The second kappa shape index (κ2) is 6.98. The minimum Gasteiger partial charge on any atom is -0.384 e. The van der Waals surface area contributed by atoms with Crippen LogP contribution in [0.2, 0.25) is 0 Å². The number of rotatable bonds is 5. The van der Waals surface area contributed by atoms with Crippen LogP contribution >= 0.6 is 0 Å². The molecule has 1 aliphatic rings.